The van der Waals surface area contributed by atoms with Gasteiger partial charge in [-0.25, -0.2) is 4.98 Å². The second-order valence-corrected chi connectivity index (χ2v) is 5.76. The Balaban J connectivity index is 2.06. The average molecular weight is 348 g/mol. The number of hydrogen-bond donors (Lipinski definition) is 1. The largest absolute Gasteiger partial charge is 0.497 e. The second-order valence-electron chi connectivity index (χ2n) is 5.76. The van der Waals surface area contributed by atoms with Crippen LogP contribution >= 0.6 is 0 Å². The summed E-state index contributed by atoms with van der Waals surface area (Å²) in [7, 11) is 3.27. The molecular formula is C21H20N2O3. The van der Waals surface area contributed by atoms with Crippen LogP contribution in [-0.2, 0) is 4.79 Å². The number of pyridine rings is 1. The first-order valence-corrected chi connectivity index (χ1v) is 8.17. The summed E-state index contributed by atoms with van der Waals surface area (Å²) in [6.45, 7) is 1.47. The Morgan fingerprint density at radius 3 is 1.85 bits per heavy atom. The molecule has 3 aromatic rings. The fraction of sp³-hybridized carbons (Fsp3) is 0.143. The van der Waals surface area contributed by atoms with Crippen LogP contribution in [0.25, 0.3) is 22.4 Å². The molecule has 0 aliphatic heterocycles. The number of hydrogen-bond acceptors (Lipinski definition) is 4. The van der Waals surface area contributed by atoms with Crippen LogP contribution in [0.5, 0.6) is 11.5 Å². The molecule has 0 saturated heterocycles. The fourth-order valence-corrected chi connectivity index (χ4v) is 2.63. The highest BCUT2D eigenvalue weighted by Crippen LogP contribution is 2.29. The molecule has 26 heavy (non-hydrogen) atoms. The number of benzene rings is 2. The first-order valence-electron chi connectivity index (χ1n) is 8.17. The van der Waals surface area contributed by atoms with Crippen molar-refractivity contribution in [2.45, 2.75) is 6.92 Å². The van der Waals surface area contributed by atoms with Crippen molar-refractivity contribution in [1.29, 1.82) is 0 Å². The van der Waals surface area contributed by atoms with Crippen LogP contribution in [0.2, 0.25) is 0 Å². The van der Waals surface area contributed by atoms with E-state index in [0.29, 0.717) is 5.82 Å². The summed E-state index contributed by atoms with van der Waals surface area (Å²) in [5.41, 5.74) is 3.67. The first kappa shape index (κ1) is 17.5. The summed E-state index contributed by atoms with van der Waals surface area (Å²) in [5, 5.41) is 2.77. The minimum atomic E-state index is -0.162. The van der Waals surface area contributed by atoms with Crippen molar-refractivity contribution in [2.24, 2.45) is 0 Å². The third kappa shape index (κ3) is 4.00. The molecule has 1 N–H and O–H groups in total. The van der Waals surface area contributed by atoms with E-state index < -0.39 is 0 Å². The maximum Gasteiger partial charge on any atom is 0.222 e. The van der Waals surface area contributed by atoms with Gasteiger partial charge in [0, 0.05) is 12.5 Å². The third-order valence-electron chi connectivity index (χ3n) is 3.94. The Bertz CT molecular complexity index is 838. The van der Waals surface area contributed by atoms with E-state index >= 15 is 0 Å². The van der Waals surface area contributed by atoms with Gasteiger partial charge in [-0.2, -0.15) is 0 Å². The molecule has 3 rings (SSSR count). The molecule has 2 aromatic carbocycles. The number of nitrogens with one attached hydrogen (secondary N) is 1. The lowest BCUT2D eigenvalue weighted by molar-refractivity contribution is -0.114. The number of amides is 1. The molecule has 5 nitrogen and oxygen atoms in total. The van der Waals surface area contributed by atoms with Crippen molar-refractivity contribution in [1.82, 2.24) is 4.98 Å². The first-order chi connectivity index (χ1) is 12.6. The van der Waals surface area contributed by atoms with E-state index in [-0.39, 0.29) is 5.91 Å². The van der Waals surface area contributed by atoms with Gasteiger partial charge in [0.25, 0.3) is 0 Å². The van der Waals surface area contributed by atoms with Gasteiger partial charge >= 0.3 is 0 Å². The van der Waals surface area contributed by atoms with E-state index in [0.717, 1.165) is 33.9 Å². The number of rotatable bonds is 5. The van der Waals surface area contributed by atoms with Crippen LogP contribution in [0.1, 0.15) is 6.92 Å². The monoisotopic (exact) mass is 348 g/mol. The van der Waals surface area contributed by atoms with Gasteiger partial charge < -0.3 is 14.8 Å². The highest BCUT2D eigenvalue weighted by atomic mass is 16.5. The van der Waals surface area contributed by atoms with Crippen LogP contribution in [0.3, 0.4) is 0 Å². The Hall–Kier alpha value is -3.34. The van der Waals surface area contributed by atoms with Crippen molar-refractivity contribution in [3.8, 4) is 33.9 Å². The molecule has 0 fully saturated rings. The molecule has 0 bridgehead atoms. The minimum Gasteiger partial charge on any atom is -0.497 e. The zero-order chi connectivity index (χ0) is 18.5. The molecule has 0 aliphatic rings. The molecule has 0 spiro atoms. The zero-order valence-corrected chi connectivity index (χ0v) is 14.9. The van der Waals surface area contributed by atoms with Crippen molar-refractivity contribution < 1.29 is 14.3 Å². The molecule has 132 valence electrons. The predicted molar refractivity (Wildman–Crippen MR) is 103 cm³/mol. The topological polar surface area (TPSA) is 60.5 Å². The van der Waals surface area contributed by atoms with Crippen LogP contribution in [0, 0.1) is 0 Å². The van der Waals surface area contributed by atoms with Crippen molar-refractivity contribution in [2.75, 3.05) is 19.5 Å². The molecule has 0 saturated carbocycles. The number of carbonyl (C=O) groups is 1. The quantitative estimate of drug-likeness (QED) is 0.743. The molecule has 0 atom stereocenters. The zero-order valence-electron chi connectivity index (χ0n) is 14.9. The lowest BCUT2D eigenvalue weighted by Gasteiger charge is -2.11. The molecule has 1 amide bonds. The van der Waals surface area contributed by atoms with Crippen molar-refractivity contribution in [3.05, 3.63) is 60.7 Å². The number of carbonyl (C=O) groups excluding carboxylic acids is 1. The van der Waals surface area contributed by atoms with E-state index in [9.17, 15) is 4.79 Å². The number of ether oxygens (including phenoxy) is 2. The number of methoxy groups -OCH3 is 2. The van der Waals surface area contributed by atoms with E-state index in [1.165, 1.54) is 6.92 Å². The Kier molecular flexibility index (Phi) is 5.17. The second kappa shape index (κ2) is 7.70. The third-order valence-corrected chi connectivity index (χ3v) is 3.94. The highest BCUT2D eigenvalue weighted by Gasteiger charge is 2.09. The maximum absolute atomic E-state index is 11.5. The van der Waals surface area contributed by atoms with Crippen LogP contribution < -0.4 is 14.8 Å². The van der Waals surface area contributed by atoms with Crippen LogP contribution in [-0.4, -0.2) is 25.1 Å². The van der Waals surface area contributed by atoms with Gasteiger partial charge in [-0.05, 0) is 59.7 Å². The molecular weight excluding hydrogens is 328 g/mol. The van der Waals surface area contributed by atoms with E-state index in [1.54, 1.807) is 14.2 Å². The van der Waals surface area contributed by atoms with Gasteiger partial charge in [0.15, 0.2) is 0 Å². The summed E-state index contributed by atoms with van der Waals surface area (Å²) in [5.74, 6) is 1.92. The van der Waals surface area contributed by atoms with E-state index in [1.807, 2.05) is 60.7 Å². The predicted octanol–water partition coefficient (Wildman–Crippen LogP) is 4.39. The molecule has 1 aromatic heterocycles. The molecule has 1 heterocycles. The lowest BCUT2D eigenvalue weighted by atomic mass is 10.0. The number of nitrogens with zero attached hydrogens (tertiary/aromatic N) is 1. The fourth-order valence-electron chi connectivity index (χ4n) is 2.63. The lowest BCUT2D eigenvalue weighted by Crippen LogP contribution is -2.08. The van der Waals surface area contributed by atoms with Gasteiger partial charge in [0.1, 0.15) is 17.3 Å². The Morgan fingerprint density at radius 1 is 0.808 bits per heavy atom. The molecule has 5 heteroatoms. The summed E-state index contributed by atoms with van der Waals surface area (Å²) in [6.07, 6.45) is 0. The summed E-state index contributed by atoms with van der Waals surface area (Å²) in [4.78, 5) is 16.1. The Labute approximate surface area is 152 Å². The maximum atomic E-state index is 11.5. The normalized spacial score (nSPS) is 10.3. The van der Waals surface area contributed by atoms with Crippen molar-refractivity contribution >= 4 is 11.7 Å². The van der Waals surface area contributed by atoms with Gasteiger partial charge in [0.2, 0.25) is 5.91 Å². The van der Waals surface area contributed by atoms with Crippen molar-refractivity contribution in [3.63, 3.8) is 0 Å². The standard InChI is InChI=1S/C21H20N2O3/c1-14(24)22-21-13-17(15-4-8-18(25-2)9-5-15)12-20(23-21)16-6-10-19(26-3)11-7-16/h4-13H,1-3H3,(H,22,23,24). The molecule has 0 aliphatic carbocycles. The van der Waals surface area contributed by atoms with Gasteiger partial charge in [-0.1, -0.05) is 12.1 Å². The van der Waals surface area contributed by atoms with E-state index in [2.05, 4.69) is 10.3 Å². The van der Waals surface area contributed by atoms with Gasteiger partial charge in [-0.15, -0.1) is 0 Å². The molecule has 0 radical (unpaired) electrons. The smallest absolute Gasteiger partial charge is 0.222 e. The van der Waals surface area contributed by atoms with Crippen LogP contribution in [0.15, 0.2) is 60.7 Å². The average Bonchev–Trinajstić information content (AvgIpc) is 2.67. The molecule has 0 unspecified atom stereocenters. The number of anilines is 1. The number of aromatic nitrogens is 1. The Morgan fingerprint density at radius 2 is 1.35 bits per heavy atom. The highest BCUT2D eigenvalue weighted by molar-refractivity contribution is 5.89. The van der Waals surface area contributed by atoms with E-state index in [4.69, 9.17) is 9.47 Å². The SMILES string of the molecule is COc1ccc(-c2cc(NC(C)=O)nc(-c3ccc(OC)cc3)c2)cc1. The van der Waals surface area contributed by atoms with Gasteiger partial charge in [0.05, 0.1) is 19.9 Å². The summed E-state index contributed by atoms with van der Waals surface area (Å²) >= 11 is 0. The summed E-state index contributed by atoms with van der Waals surface area (Å²) in [6, 6.07) is 19.3. The summed E-state index contributed by atoms with van der Waals surface area (Å²) < 4.78 is 10.4. The van der Waals surface area contributed by atoms with Gasteiger partial charge in [-0.3, -0.25) is 4.79 Å². The minimum absolute atomic E-state index is 0.162. The van der Waals surface area contributed by atoms with Crippen LogP contribution in [0.4, 0.5) is 5.82 Å².